The van der Waals surface area contributed by atoms with E-state index in [1.165, 1.54) is 24.5 Å². The topological polar surface area (TPSA) is 64.4 Å². The highest BCUT2D eigenvalue weighted by atomic mass is 19.1. The molecular formula is C16H14FN3O3. The molecule has 1 saturated heterocycles. The summed E-state index contributed by atoms with van der Waals surface area (Å²) in [6, 6.07) is 3.82. The van der Waals surface area contributed by atoms with E-state index in [4.69, 9.17) is 4.74 Å². The van der Waals surface area contributed by atoms with Crippen molar-refractivity contribution in [1.29, 1.82) is 0 Å². The van der Waals surface area contributed by atoms with Crippen molar-refractivity contribution in [1.82, 2.24) is 14.5 Å². The Balaban J connectivity index is 1.94. The summed E-state index contributed by atoms with van der Waals surface area (Å²) in [6.45, 7) is 2.55. The Morgan fingerprint density at radius 1 is 1.48 bits per heavy atom. The molecule has 0 spiro atoms. The lowest BCUT2D eigenvalue weighted by Crippen LogP contribution is -2.45. The summed E-state index contributed by atoms with van der Waals surface area (Å²) in [5, 5.41) is 0. The molecule has 7 heteroatoms. The number of carbonyl (C=O) groups excluding carboxylic acids is 2. The van der Waals surface area contributed by atoms with Crippen molar-refractivity contribution in [3.63, 3.8) is 0 Å². The zero-order valence-electron chi connectivity index (χ0n) is 12.5. The van der Waals surface area contributed by atoms with Crippen LogP contribution in [-0.2, 0) is 4.74 Å². The van der Waals surface area contributed by atoms with Crippen LogP contribution in [0.2, 0.25) is 0 Å². The van der Waals surface area contributed by atoms with Gasteiger partial charge < -0.3 is 9.64 Å². The van der Waals surface area contributed by atoms with E-state index < -0.39 is 11.8 Å². The maximum absolute atomic E-state index is 13.6. The Morgan fingerprint density at radius 3 is 3.00 bits per heavy atom. The summed E-state index contributed by atoms with van der Waals surface area (Å²) in [7, 11) is 0. The maximum atomic E-state index is 13.6. The van der Waals surface area contributed by atoms with Crippen LogP contribution in [0.15, 0.2) is 24.5 Å². The molecule has 0 bridgehead atoms. The molecule has 0 aliphatic carbocycles. The van der Waals surface area contributed by atoms with E-state index in [9.17, 15) is 14.0 Å². The molecule has 1 aromatic heterocycles. The Bertz CT molecular complexity index is 830. The zero-order chi connectivity index (χ0) is 16.1. The molecule has 1 atom stereocenters. The molecule has 2 aromatic rings. The van der Waals surface area contributed by atoms with Crippen molar-refractivity contribution < 1.29 is 18.7 Å². The van der Waals surface area contributed by atoms with Crippen LogP contribution in [0, 0.1) is 5.82 Å². The van der Waals surface area contributed by atoms with Gasteiger partial charge in [-0.15, -0.1) is 0 Å². The minimum atomic E-state index is -0.508. The normalized spacial score (nSPS) is 18.4. The lowest BCUT2D eigenvalue weighted by Gasteiger charge is -2.39. The summed E-state index contributed by atoms with van der Waals surface area (Å²) in [5.74, 6) is -1.20. The standard InChI is InChI=1S/C16H14FN3O3/c1-2-23-16(22)13-14-12-5-6-19(12)15(21)10-7-9(17)3-4-11(10)20(14)8-18-13/h3-4,7-8,12H,2,5-6H2,1H3/t12-/m0/s1. The van der Waals surface area contributed by atoms with Crippen LogP contribution in [0.25, 0.3) is 5.69 Å². The van der Waals surface area contributed by atoms with Crippen molar-refractivity contribution in [2.75, 3.05) is 13.2 Å². The van der Waals surface area contributed by atoms with Crippen molar-refractivity contribution in [2.24, 2.45) is 0 Å². The molecular weight excluding hydrogens is 301 g/mol. The van der Waals surface area contributed by atoms with Gasteiger partial charge in [-0.3, -0.25) is 9.36 Å². The first-order valence-electron chi connectivity index (χ1n) is 7.47. The van der Waals surface area contributed by atoms with E-state index >= 15 is 0 Å². The number of aromatic nitrogens is 2. The van der Waals surface area contributed by atoms with Crippen molar-refractivity contribution in [3.8, 4) is 5.69 Å². The number of hydrogen-bond donors (Lipinski definition) is 0. The van der Waals surface area contributed by atoms with E-state index in [2.05, 4.69) is 4.98 Å². The van der Waals surface area contributed by atoms with Crippen LogP contribution in [0.4, 0.5) is 4.39 Å². The lowest BCUT2D eigenvalue weighted by molar-refractivity contribution is 0.0428. The summed E-state index contributed by atoms with van der Waals surface area (Å²) in [4.78, 5) is 30.6. The maximum Gasteiger partial charge on any atom is 0.358 e. The number of nitrogens with zero attached hydrogens (tertiary/aromatic N) is 3. The Kier molecular flexibility index (Phi) is 2.97. The van der Waals surface area contributed by atoms with E-state index in [1.54, 1.807) is 16.4 Å². The van der Waals surface area contributed by atoms with Gasteiger partial charge in [-0.2, -0.15) is 0 Å². The molecule has 0 radical (unpaired) electrons. The second kappa shape index (κ2) is 4.91. The fraction of sp³-hybridized carbons (Fsp3) is 0.312. The van der Waals surface area contributed by atoms with Gasteiger partial charge in [0.15, 0.2) is 5.69 Å². The van der Waals surface area contributed by atoms with Crippen LogP contribution in [0.1, 0.15) is 45.9 Å². The molecule has 3 heterocycles. The molecule has 0 saturated carbocycles. The number of imidazole rings is 1. The molecule has 23 heavy (non-hydrogen) atoms. The summed E-state index contributed by atoms with van der Waals surface area (Å²) < 4.78 is 20.3. The Morgan fingerprint density at radius 2 is 2.30 bits per heavy atom. The molecule has 0 N–H and O–H groups in total. The van der Waals surface area contributed by atoms with E-state index in [-0.39, 0.29) is 29.8 Å². The number of amides is 1. The minimum absolute atomic E-state index is 0.214. The molecule has 6 nitrogen and oxygen atoms in total. The lowest BCUT2D eigenvalue weighted by atomic mass is 9.97. The highest BCUT2D eigenvalue weighted by Crippen LogP contribution is 2.41. The molecule has 2 aliphatic heterocycles. The SMILES string of the molecule is CCOC(=O)c1ncn2c1[C@@H]1CCN1C(=O)c1cc(F)ccc1-2. The number of hydrogen-bond acceptors (Lipinski definition) is 4. The number of halogens is 1. The van der Waals surface area contributed by atoms with Crippen LogP contribution in [0.3, 0.4) is 0 Å². The van der Waals surface area contributed by atoms with Gasteiger partial charge in [-0.05, 0) is 31.5 Å². The predicted molar refractivity (Wildman–Crippen MR) is 77.9 cm³/mol. The Labute approximate surface area is 131 Å². The van der Waals surface area contributed by atoms with E-state index in [1.807, 2.05) is 0 Å². The van der Waals surface area contributed by atoms with Crippen molar-refractivity contribution in [2.45, 2.75) is 19.4 Å². The third kappa shape index (κ3) is 1.89. The average Bonchev–Trinajstić information content (AvgIpc) is 2.88. The fourth-order valence-corrected chi connectivity index (χ4v) is 3.18. The van der Waals surface area contributed by atoms with Gasteiger partial charge in [0, 0.05) is 6.54 Å². The number of rotatable bonds is 2. The van der Waals surface area contributed by atoms with Crippen LogP contribution < -0.4 is 0 Å². The van der Waals surface area contributed by atoms with Crippen molar-refractivity contribution in [3.05, 3.63) is 47.3 Å². The quantitative estimate of drug-likeness (QED) is 0.796. The highest BCUT2D eigenvalue weighted by molar-refractivity contribution is 6.00. The first kappa shape index (κ1) is 13.9. The van der Waals surface area contributed by atoms with Gasteiger partial charge in [-0.1, -0.05) is 0 Å². The van der Waals surface area contributed by atoms with E-state index in [0.29, 0.717) is 17.9 Å². The molecule has 4 rings (SSSR count). The van der Waals surface area contributed by atoms with Gasteiger partial charge in [-0.25, -0.2) is 14.2 Å². The number of carbonyl (C=O) groups is 2. The van der Waals surface area contributed by atoms with Gasteiger partial charge in [0.1, 0.15) is 12.1 Å². The molecule has 1 aromatic carbocycles. The van der Waals surface area contributed by atoms with Crippen LogP contribution >= 0.6 is 0 Å². The Hall–Kier alpha value is -2.70. The summed E-state index contributed by atoms with van der Waals surface area (Å²) in [6.07, 6.45) is 2.23. The van der Waals surface area contributed by atoms with Gasteiger partial charge in [0.2, 0.25) is 0 Å². The second-order valence-corrected chi connectivity index (χ2v) is 5.53. The highest BCUT2D eigenvalue weighted by Gasteiger charge is 2.42. The number of ether oxygens (including phenoxy) is 1. The molecule has 1 fully saturated rings. The van der Waals surface area contributed by atoms with Gasteiger partial charge in [0.25, 0.3) is 5.91 Å². The number of esters is 1. The van der Waals surface area contributed by atoms with Crippen molar-refractivity contribution >= 4 is 11.9 Å². The third-order valence-electron chi connectivity index (χ3n) is 4.32. The first-order chi connectivity index (χ1) is 11.1. The first-order valence-corrected chi connectivity index (χ1v) is 7.47. The molecule has 2 aliphatic rings. The number of benzene rings is 1. The molecule has 118 valence electrons. The minimum Gasteiger partial charge on any atom is -0.461 e. The smallest absolute Gasteiger partial charge is 0.358 e. The fourth-order valence-electron chi connectivity index (χ4n) is 3.18. The van der Waals surface area contributed by atoms with Gasteiger partial charge >= 0.3 is 5.97 Å². The number of fused-ring (bicyclic) bond motifs is 5. The molecule has 0 unspecified atom stereocenters. The van der Waals surface area contributed by atoms with Crippen LogP contribution in [-0.4, -0.2) is 39.5 Å². The molecule has 1 amide bonds. The third-order valence-corrected chi connectivity index (χ3v) is 4.32. The van der Waals surface area contributed by atoms with Gasteiger partial charge in [0.05, 0.1) is 29.6 Å². The monoisotopic (exact) mass is 315 g/mol. The zero-order valence-corrected chi connectivity index (χ0v) is 12.5. The summed E-state index contributed by atoms with van der Waals surface area (Å²) in [5.41, 5.74) is 1.66. The largest absolute Gasteiger partial charge is 0.461 e. The predicted octanol–water partition coefficient (Wildman–Crippen LogP) is 2.09. The second-order valence-electron chi connectivity index (χ2n) is 5.53. The average molecular weight is 315 g/mol. The van der Waals surface area contributed by atoms with E-state index in [0.717, 1.165) is 6.42 Å². The summed E-state index contributed by atoms with van der Waals surface area (Å²) >= 11 is 0. The van der Waals surface area contributed by atoms with Crippen LogP contribution in [0.5, 0.6) is 0 Å².